The Labute approximate surface area is 143 Å². The van der Waals surface area contributed by atoms with Gasteiger partial charge in [0.1, 0.15) is 17.8 Å². The monoisotopic (exact) mass is 324 g/mol. The predicted molar refractivity (Wildman–Crippen MR) is 95.0 cm³/mol. The van der Waals surface area contributed by atoms with Gasteiger partial charge in [0.05, 0.1) is 0 Å². The number of rotatable bonds is 5. The maximum Gasteiger partial charge on any atom is 0.272 e. The van der Waals surface area contributed by atoms with Crippen LogP contribution in [0.5, 0.6) is 0 Å². The molecule has 24 heavy (non-hydrogen) atoms. The summed E-state index contributed by atoms with van der Waals surface area (Å²) in [4.78, 5) is 25.3. The molecule has 1 saturated heterocycles. The molecule has 1 fully saturated rings. The minimum atomic E-state index is 0.0223. The molecule has 0 aliphatic carbocycles. The van der Waals surface area contributed by atoms with Crippen molar-refractivity contribution in [3.05, 3.63) is 54.0 Å². The number of hydrogen-bond donors (Lipinski definition) is 0. The fourth-order valence-corrected chi connectivity index (χ4v) is 3.05. The number of nitrogens with zero attached hydrogens (tertiary/aromatic N) is 4. The second-order valence-electron chi connectivity index (χ2n) is 6.11. The van der Waals surface area contributed by atoms with Crippen LogP contribution < -0.4 is 4.90 Å². The third kappa shape index (κ3) is 3.91. The highest BCUT2D eigenvalue weighted by Crippen LogP contribution is 2.17. The highest BCUT2D eigenvalue weighted by Gasteiger charge is 2.20. The van der Waals surface area contributed by atoms with Crippen molar-refractivity contribution in [2.75, 3.05) is 24.5 Å². The number of anilines is 1. The molecule has 0 radical (unpaired) electrons. The smallest absolute Gasteiger partial charge is 0.272 e. The Hall–Kier alpha value is -2.43. The van der Waals surface area contributed by atoms with Crippen molar-refractivity contribution < 1.29 is 4.79 Å². The first-order chi connectivity index (χ1) is 11.8. The van der Waals surface area contributed by atoms with Crippen molar-refractivity contribution >= 4 is 11.7 Å². The van der Waals surface area contributed by atoms with Crippen LogP contribution in [0.15, 0.2) is 42.7 Å². The van der Waals surface area contributed by atoms with Crippen LogP contribution >= 0.6 is 0 Å². The zero-order valence-electron chi connectivity index (χ0n) is 14.2. The highest BCUT2D eigenvalue weighted by atomic mass is 16.2. The van der Waals surface area contributed by atoms with Crippen LogP contribution in [0.4, 0.5) is 5.82 Å². The molecule has 1 aliphatic heterocycles. The number of carbonyl (C=O) groups is 1. The van der Waals surface area contributed by atoms with Crippen molar-refractivity contribution in [3.63, 3.8) is 0 Å². The molecule has 0 N–H and O–H groups in total. The Balaban J connectivity index is 1.76. The molecule has 2 aromatic rings. The molecule has 1 amide bonds. The standard InChI is InChI=1S/C19H24N4O/c1-2-22(14-16-9-5-3-6-10-16)18-13-17(20-15-21-18)19(24)23-11-7-4-8-12-23/h3,5-6,9-10,13,15H,2,4,7-8,11-12,14H2,1H3. The molecule has 0 atom stereocenters. The SMILES string of the molecule is CCN(Cc1ccccc1)c1cc(C(=O)N2CCCCC2)ncn1. The molecule has 0 unspecified atom stereocenters. The Bertz CT molecular complexity index is 668. The summed E-state index contributed by atoms with van der Waals surface area (Å²) in [7, 11) is 0. The molecular formula is C19H24N4O. The molecule has 5 nitrogen and oxygen atoms in total. The van der Waals surface area contributed by atoms with Crippen LogP contribution in [0, 0.1) is 0 Å². The Morgan fingerprint density at radius 2 is 1.88 bits per heavy atom. The molecular weight excluding hydrogens is 300 g/mol. The quantitative estimate of drug-likeness (QED) is 0.848. The molecule has 0 bridgehead atoms. The van der Waals surface area contributed by atoms with E-state index in [-0.39, 0.29) is 5.91 Å². The van der Waals surface area contributed by atoms with Crippen molar-refractivity contribution in [1.82, 2.24) is 14.9 Å². The van der Waals surface area contributed by atoms with Crippen LogP contribution in [0.3, 0.4) is 0 Å². The normalized spacial score (nSPS) is 14.5. The van der Waals surface area contributed by atoms with Gasteiger partial charge in [0.25, 0.3) is 5.91 Å². The topological polar surface area (TPSA) is 49.3 Å². The van der Waals surface area contributed by atoms with Gasteiger partial charge in [0.15, 0.2) is 0 Å². The number of aromatic nitrogens is 2. The van der Waals surface area contributed by atoms with Gasteiger partial charge in [-0.25, -0.2) is 9.97 Å². The van der Waals surface area contributed by atoms with Crippen molar-refractivity contribution in [2.24, 2.45) is 0 Å². The first kappa shape index (κ1) is 16.4. The summed E-state index contributed by atoms with van der Waals surface area (Å²) >= 11 is 0. The third-order valence-corrected chi connectivity index (χ3v) is 4.44. The Kier molecular flexibility index (Phi) is 5.41. The summed E-state index contributed by atoms with van der Waals surface area (Å²) < 4.78 is 0. The van der Waals surface area contributed by atoms with Gasteiger partial charge in [-0.2, -0.15) is 0 Å². The van der Waals surface area contributed by atoms with E-state index in [1.165, 1.54) is 18.3 Å². The van der Waals surface area contributed by atoms with Crippen molar-refractivity contribution in [3.8, 4) is 0 Å². The van der Waals surface area contributed by atoms with Gasteiger partial charge >= 0.3 is 0 Å². The fraction of sp³-hybridized carbons (Fsp3) is 0.421. The van der Waals surface area contributed by atoms with Crippen LogP contribution in [-0.2, 0) is 6.54 Å². The van der Waals surface area contributed by atoms with Crippen LogP contribution in [0.1, 0.15) is 42.2 Å². The van der Waals surface area contributed by atoms with E-state index < -0.39 is 0 Å². The summed E-state index contributed by atoms with van der Waals surface area (Å²) in [5.74, 6) is 0.825. The van der Waals surface area contributed by atoms with Gasteiger partial charge in [-0.3, -0.25) is 4.79 Å². The van der Waals surface area contributed by atoms with Gasteiger partial charge in [-0.15, -0.1) is 0 Å². The van der Waals surface area contributed by atoms with Gasteiger partial charge in [-0.05, 0) is 31.7 Å². The molecule has 2 heterocycles. The predicted octanol–water partition coefficient (Wildman–Crippen LogP) is 3.13. The third-order valence-electron chi connectivity index (χ3n) is 4.44. The number of amides is 1. The van der Waals surface area contributed by atoms with E-state index >= 15 is 0 Å². The van der Waals surface area contributed by atoms with Gasteiger partial charge in [0.2, 0.25) is 0 Å². The van der Waals surface area contributed by atoms with Crippen molar-refractivity contribution in [1.29, 1.82) is 0 Å². The average molecular weight is 324 g/mol. The van der Waals surface area contributed by atoms with E-state index in [1.807, 2.05) is 29.2 Å². The van der Waals surface area contributed by atoms with E-state index in [2.05, 4.69) is 33.9 Å². The molecule has 0 spiro atoms. The molecule has 126 valence electrons. The lowest BCUT2D eigenvalue weighted by Crippen LogP contribution is -2.36. The maximum absolute atomic E-state index is 12.6. The summed E-state index contributed by atoms with van der Waals surface area (Å²) in [6.45, 7) is 5.35. The largest absolute Gasteiger partial charge is 0.352 e. The molecule has 0 saturated carbocycles. The maximum atomic E-state index is 12.6. The van der Waals surface area contributed by atoms with Gasteiger partial charge < -0.3 is 9.80 Å². The van der Waals surface area contributed by atoms with E-state index in [1.54, 1.807) is 0 Å². The first-order valence-corrected chi connectivity index (χ1v) is 8.68. The number of likely N-dealkylation sites (tertiary alicyclic amines) is 1. The number of piperidine rings is 1. The number of benzene rings is 1. The summed E-state index contributed by atoms with van der Waals surface area (Å²) in [5, 5.41) is 0. The second-order valence-corrected chi connectivity index (χ2v) is 6.11. The van der Waals surface area contributed by atoms with E-state index in [0.717, 1.165) is 44.8 Å². The lowest BCUT2D eigenvalue weighted by molar-refractivity contribution is 0.0718. The Morgan fingerprint density at radius 3 is 2.58 bits per heavy atom. The molecule has 5 heteroatoms. The summed E-state index contributed by atoms with van der Waals surface area (Å²) in [6.07, 6.45) is 4.87. The average Bonchev–Trinajstić information content (AvgIpc) is 2.67. The van der Waals surface area contributed by atoms with Crippen molar-refractivity contribution in [2.45, 2.75) is 32.7 Å². The molecule has 1 aromatic carbocycles. The van der Waals surface area contributed by atoms with Crippen LogP contribution in [0.25, 0.3) is 0 Å². The van der Waals surface area contributed by atoms with E-state index in [9.17, 15) is 4.79 Å². The number of hydrogen-bond acceptors (Lipinski definition) is 4. The molecule has 1 aromatic heterocycles. The van der Waals surface area contributed by atoms with Crippen LogP contribution in [-0.4, -0.2) is 40.4 Å². The second kappa shape index (κ2) is 7.90. The lowest BCUT2D eigenvalue weighted by atomic mass is 10.1. The number of carbonyl (C=O) groups excluding carboxylic acids is 1. The fourth-order valence-electron chi connectivity index (χ4n) is 3.05. The van der Waals surface area contributed by atoms with Crippen LogP contribution in [0.2, 0.25) is 0 Å². The van der Waals surface area contributed by atoms with E-state index in [4.69, 9.17) is 0 Å². The minimum absolute atomic E-state index is 0.0223. The Morgan fingerprint density at radius 1 is 1.12 bits per heavy atom. The minimum Gasteiger partial charge on any atom is -0.352 e. The lowest BCUT2D eigenvalue weighted by Gasteiger charge is -2.27. The van der Waals surface area contributed by atoms with Gasteiger partial charge in [0, 0.05) is 32.2 Å². The highest BCUT2D eigenvalue weighted by molar-refractivity contribution is 5.93. The zero-order valence-corrected chi connectivity index (χ0v) is 14.2. The van der Waals surface area contributed by atoms with Gasteiger partial charge in [-0.1, -0.05) is 30.3 Å². The zero-order chi connectivity index (χ0) is 16.8. The van der Waals surface area contributed by atoms with E-state index in [0.29, 0.717) is 5.69 Å². The molecule has 3 rings (SSSR count). The summed E-state index contributed by atoms with van der Waals surface area (Å²) in [6, 6.07) is 12.1. The molecule has 1 aliphatic rings. The first-order valence-electron chi connectivity index (χ1n) is 8.68. The summed E-state index contributed by atoms with van der Waals surface area (Å²) in [5.41, 5.74) is 1.72.